The van der Waals surface area contributed by atoms with Crippen molar-refractivity contribution in [3.05, 3.63) is 36.4 Å². The average Bonchev–Trinajstić information content (AvgIpc) is 3.31. The van der Waals surface area contributed by atoms with Crippen LogP contribution in [0.2, 0.25) is 0 Å². The number of aromatic amines is 1. The number of imidazole rings is 1. The predicted molar refractivity (Wildman–Crippen MR) is 82.2 cm³/mol. The van der Waals surface area contributed by atoms with Gasteiger partial charge in [0.05, 0.1) is 23.6 Å². The second-order valence-corrected chi connectivity index (χ2v) is 5.71. The lowest BCUT2D eigenvalue weighted by Crippen LogP contribution is -2.31. The number of para-hydroxylation sites is 2. The van der Waals surface area contributed by atoms with Crippen LogP contribution >= 0.6 is 0 Å². The van der Waals surface area contributed by atoms with Crippen molar-refractivity contribution in [1.82, 2.24) is 35.1 Å². The Labute approximate surface area is 132 Å². The first-order chi connectivity index (χ1) is 11.3. The molecule has 1 amide bonds. The van der Waals surface area contributed by atoms with Crippen molar-refractivity contribution < 1.29 is 4.79 Å². The highest BCUT2D eigenvalue weighted by Crippen LogP contribution is 2.31. The summed E-state index contributed by atoms with van der Waals surface area (Å²) in [7, 11) is 0. The summed E-state index contributed by atoms with van der Waals surface area (Å²) in [6, 6.07) is 7.97. The Morgan fingerprint density at radius 1 is 1.35 bits per heavy atom. The van der Waals surface area contributed by atoms with Gasteiger partial charge in [-0.2, -0.15) is 0 Å². The molecule has 0 radical (unpaired) electrons. The highest BCUT2D eigenvalue weighted by atomic mass is 16.2. The number of hydrogen-bond donors (Lipinski definition) is 1. The number of tetrazole rings is 1. The van der Waals surface area contributed by atoms with E-state index in [1.165, 1.54) is 6.33 Å². The number of fused-ring (bicyclic) bond motifs is 1. The minimum absolute atomic E-state index is 0.0313. The number of nitrogens with zero attached hydrogens (tertiary/aromatic N) is 6. The number of nitrogens with one attached hydrogen (secondary N) is 1. The third-order valence-electron chi connectivity index (χ3n) is 4.24. The van der Waals surface area contributed by atoms with Crippen LogP contribution in [0.25, 0.3) is 11.0 Å². The van der Waals surface area contributed by atoms with E-state index in [-0.39, 0.29) is 11.9 Å². The Bertz CT molecular complexity index is 777. The van der Waals surface area contributed by atoms with Crippen LogP contribution < -0.4 is 0 Å². The van der Waals surface area contributed by atoms with Crippen LogP contribution in [0, 0.1) is 0 Å². The Morgan fingerprint density at radius 2 is 2.26 bits per heavy atom. The summed E-state index contributed by atoms with van der Waals surface area (Å²) >= 11 is 0. The summed E-state index contributed by atoms with van der Waals surface area (Å²) < 4.78 is 1.57. The molecule has 1 aromatic carbocycles. The topological polar surface area (TPSA) is 92.6 Å². The molecule has 0 saturated carbocycles. The lowest BCUT2D eigenvalue weighted by atomic mass is 10.2. The van der Waals surface area contributed by atoms with Gasteiger partial charge in [-0.05, 0) is 35.4 Å². The minimum atomic E-state index is 0.0313. The van der Waals surface area contributed by atoms with Gasteiger partial charge < -0.3 is 9.88 Å². The molecule has 1 aliphatic heterocycles. The van der Waals surface area contributed by atoms with Crippen LogP contribution in [-0.4, -0.2) is 47.5 Å². The van der Waals surface area contributed by atoms with Crippen molar-refractivity contribution in [2.75, 3.05) is 6.54 Å². The standard InChI is InChI=1S/C15H17N7O/c23-14(7-9-21-10-16-19-20-21)22-8-3-6-13(22)15-17-11-4-1-2-5-12(11)18-15/h1-2,4-5,10,13H,3,6-9H2,(H,17,18)/t13-/m0/s1. The Morgan fingerprint density at radius 3 is 3.09 bits per heavy atom. The number of likely N-dealkylation sites (tertiary alicyclic amines) is 1. The van der Waals surface area contributed by atoms with Gasteiger partial charge in [-0.25, -0.2) is 9.67 Å². The molecule has 8 nitrogen and oxygen atoms in total. The van der Waals surface area contributed by atoms with E-state index in [9.17, 15) is 4.79 Å². The van der Waals surface area contributed by atoms with Crippen molar-refractivity contribution in [2.45, 2.75) is 31.8 Å². The summed E-state index contributed by atoms with van der Waals surface area (Å²) in [6.45, 7) is 1.27. The number of benzene rings is 1. The van der Waals surface area contributed by atoms with Gasteiger partial charge in [0, 0.05) is 13.0 Å². The van der Waals surface area contributed by atoms with Gasteiger partial charge in [-0.1, -0.05) is 12.1 Å². The fourth-order valence-corrected chi connectivity index (χ4v) is 3.12. The van der Waals surface area contributed by atoms with Crippen molar-refractivity contribution in [3.63, 3.8) is 0 Å². The molecule has 0 bridgehead atoms. The molecule has 1 fully saturated rings. The van der Waals surface area contributed by atoms with E-state index >= 15 is 0 Å². The molecule has 4 rings (SSSR count). The van der Waals surface area contributed by atoms with Crippen molar-refractivity contribution in [2.24, 2.45) is 0 Å². The quantitative estimate of drug-likeness (QED) is 0.784. The minimum Gasteiger partial charge on any atom is -0.340 e. The molecule has 3 aromatic rings. The van der Waals surface area contributed by atoms with Crippen LogP contribution in [0.1, 0.15) is 31.1 Å². The zero-order valence-electron chi connectivity index (χ0n) is 12.6. The molecule has 3 heterocycles. The smallest absolute Gasteiger partial charge is 0.225 e. The molecule has 1 atom stereocenters. The van der Waals surface area contributed by atoms with Gasteiger partial charge in [0.2, 0.25) is 5.91 Å². The molecule has 0 spiro atoms. The summed E-state index contributed by atoms with van der Waals surface area (Å²) in [5.74, 6) is 0.989. The molecule has 0 unspecified atom stereocenters. The Kier molecular flexibility index (Phi) is 3.49. The fourth-order valence-electron chi connectivity index (χ4n) is 3.12. The highest BCUT2D eigenvalue weighted by molar-refractivity contribution is 5.78. The van der Waals surface area contributed by atoms with Crippen LogP contribution in [0.5, 0.6) is 0 Å². The first kappa shape index (κ1) is 13.9. The number of H-pyrrole nitrogens is 1. The second-order valence-electron chi connectivity index (χ2n) is 5.71. The molecular weight excluding hydrogens is 294 g/mol. The number of amides is 1. The average molecular weight is 311 g/mol. The van der Waals surface area contributed by atoms with Crippen molar-refractivity contribution >= 4 is 16.9 Å². The third kappa shape index (κ3) is 2.67. The van der Waals surface area contributed by atoms with Crippen molar-refractivity contribution in [1.29, 1.82) is 0 Å². The zero-order chi connectivity index (χ0) is 15.6. The first-order valence-electron chi connectivity index (χ1n) is 7.76. The second kappa shape index (κ2) is 5.79. The van der Waals surface area contributed by atoms with Crippen LogP contribution in [0.15, 0.2) is 30.6 Å². The number of hydrogen-bond acceptors (Lipinski definition) is 5. The molecule has 8 heteroatoms. The van der Waals surface area contributed by atoms with Gasteiger partial charge in [-0.15, -0.1) is 5.10 Å². The van der Waals surface area contributed by atoms with Crippen LogP contribution in [-0.2, 0) is 11.3 Å². The maximum atomic E-state index is 12.5. The SMILES string of the molecule is O=C(CCn1cnnn1)N1CCC[C@H]1c1nc2ccccc2[nH]1. The number of carbonyl (C=O) groups excluding carboxylic acids is 1. The van der Waals surface area contributed by atoms with Crippen LogP contribution in [0.3, 0.4) is 0 Å². The third-order valence-corrected chi connectivity index (χ3v) is 4.24. The molecule has 118 valence electrons. The van der Waals surface area contributed by atoms with E-state index in [1.807, 2.05) is 29.2 Å². The number of aryl methyl sites for hydroxylation is 1. The molecule has 1 saturated heterocycles. The summed E-state index contributed by atoms with van der Waals surface area (Å²) in [6.07, 6.45) is 3.85. The number of aromatic nitrogens is 6. The van der Waals surface area contributed by atoms with E-state index in [0.29, 0.717) is 13.0 Å². The molecule has 23 heavy (non-hydrogen) atoms. The van der Waals surface area contributed by atoms with E-state index < -0.39 is 0 Å². The van der Waals surface area contributed by atoms with Crippen molar-refractivity contribution in [3.8, 4) is 0 Å². The van der Waals surface area contributed by atoms with E-state index in [1.54, 1.807) is 4.68 Å². The number of rotatable bonds is 4. The van der Waals surface area contributed by atoms with Gasteiger partial charge in [-0.3, -0.25) is 4.79 Å². The van der Waals surface area contributed by atoms with Gasteiger partial charge in [0.25, 0.3) is 0 Å². The molecule has 0 aliphatic carbocycles. The lowest BCUT2D eigenvalue weighted by molar-refractivity contribution is -0.132. The predicted octanol–water partition coefficient (Wildman–Crippen LogP) is 1.30. The number of carbonyl (C=O) groups is 1. The monoisotopic (exact) mass is 311 g/mol. The Balaban J connectivity index is 1.50. The molecule has 1 aliphatic rings. The van der Waals surface area contributed by atoms with Gasteiger partial charge in [0.15, 0.2) is 0 Å². The zero-order valence-corrected chi connectivity index (χ0v) is 12.6. The first-order valence-corrected chi connectivity index (χ1v) is 7.76. The van der Waals surface area contributed by atoms with Gasteiger partial charge >= 0.3 is 0 Å². The molecule has 1 N–H and O–H groups in total. The fraction of sp³-hybridized carbons (Fsp3) is 0.400. The largest absolute Gasteiger partial charge is 0.340 e. The van der Waals surface area contributed by atoms with E-state index in [0.717, 1.165) is 36.2 Å². The van der Waals surface area contributed by atoms with Crippen LogP contribution in [0.4, 0.5) is 0 Å². The molecular formula is C15H17N7O. The van der Waals surface area contributed by atoms with Gasteiger partial charge in [0.1, 0.15) is 12.2 Å². The maximum absolute atomic E-state index is 12.5. The van der Waals surface area contributed by atoms with E-state index in [4.69, 9.17) is 0 Å². The molecule has 2 aromatic heterocycles. The summed E-state index contributed by atoms with van der Waals surface area (Å²) in [4.78, 5) is 22.5. The lowest BCUT2D eigenvalue weighted by Gasteiger charge is -2.23. The Hall–Kier alpha value is -2.77. The summed E-state index contributed by atoms with van der Waals surface area (Å²) in [5, 5.41) is 10.9. The van der Waals surface area contributed by atoms with E-state index in [2.05, 4.69) is 25.5 Å². The summed E-state index contributed by atoms with van der Waals surface area (Å²) in [5.41, 5.74) is 1.95. The normalized spacial score (nSPS) is 17.9. The highest BCUT2D eigenvalue weighted by Gasteiger charge is 2.31. The maximum Gasteiger partial charge on any atom is 0.225 e.